The number of carboxylic acid groups (broad SMARTS) is 1. The first kappa shape index (κ1) is 26.5. The minimum Gasteiger partial charge on any atom is -0.478 e. The van der Waals surface area contributed by atoms with Gasteiger partial charge in [-0.1, -0.05) is 53.0 Å². The van der Waals surface area contributed by atoms with E-state index in [9.17, 15) is 19.5 Å². The summed E-state index contributed by atoms with van der Waals surface area (Å²) >= 11 is 18.4. The van der Waals surface area contributed by atoms with Crippen LogP contribution in [0.15, 0.2) is 71.5 Å². The molecule has 0 bridgehead atoms. The molecule has 1 aromatic heterocycles. The van der Waals surface area contributed by atoms with Crippen LogP contribution >= 0.6 is 34.8 Å². The number of carbonyl (C=O) groups excluding carboxylic acids is 1. The van der Waals surface area contributed by atoms with Gasteiger partial charge < -0.3 is 10.4 Å². The quantitative estimate of drug-likeness (QED) is 0.307. The Morgan fingerprint density at radius 3 is 2.30 bits per heavy atom. The second-order valence-corrected chi connectivity index (χ2v) is 9.41. The fraction of sp³-hybridized carbons (Fsp3) is 0.154. The van der Waals surface area contributed by atoms with E-state index in [0.717, 1.165) is 10.2 Å². The largest absolute Gasteiger partial charge is 0.478 e. The molecule has 1 amide bonds. The molecule has 0 spiro atoms. The van der Waals surface area contributed by atoms with Crippen LogP contribution in [-0.2, 0) is 24.3 Å². The average Bonchev–Trinajstić information content (AvgIpc) is 3.16. The lowest BCUT2D eigenvalue weighted by atomic mass is 10.1. The Labute approximate surface area is 227 Å². The molecule has 1 heterocycles. The summed E-state index contributed by atoms with van der Waals surface area (Å²) in [6, 6.07) is 18.2. The second kappa shape index (κ2) is 11.6. The normalized spacial score (nSPS) is 10.9. The Morgan fingerprint density at radius 2 is 1.62 bits per heavy atom. The number of amides is 1. The van der Waals surface area contributed by atoms with Crippen LogP contribution in [0.4, 0.5) is 0 Å². The van der Waals surface area contributed by atoms with Gasteiger partial charge in [-0.15, -0.1) is 5.10 Å². The van der Waals surface area contributed by atoms with Crippen LogP contribution in [0.5, 0.6) is 0 Å². The number of benzene rings is 3. The topological polar surface area (TPSA) is 106 Å². The van der Waals surface area contributed by atoms with Crippen LogP contribution in [-0.4, -0.2) is 37.9 Å². The number of rotatable bonds is 9. The standard InChI is InChI=1S/C26H21Cl3N4O4/c27-19-9-7-17(8-10-19)24-31-33(15-23(34)30-12-11-20-21(28)5-2-6-22(20)29)26(37)32(24)14-16-3-1-4-18(13-16)25(35)36/h1-10,13H,11-12,14-15H2,(H,30,34)(H,35,36). The monoisotopic (exact) mass is 558 g/mol. The Kier molecular flexibility index (Phi) is 8.33. The molecule has 37 heavy (non-hydrogen) atoms. The molecule has 0 unspecified atom stereocenters. The summed E-state index contributed by atoms with van der Waals surface area (Å²) in [6.07, 6.45) is 0.420. The van der Waals surface area contributed by atoms with Crippen LogP contribution in [0.3, 0.4) is 0 Å². The Bertz CT molecular complexity index is 1490. The van der Waals surface area contributed by atoms with Crippen molar-refractivity contribution in [3.05, 3.63) is 109 Å². The van der Waals surface area contributed by atoms with Gasteiger partial charge in [0.15, 0.2) is 5.82 Å². The van der Waals surface area contributed by atoms with Crippen molar-refractivity contribution in [1.29, 1.82) is 0 Å². The number of carboxylic acids is 1. The minimum absolute atomic E-state index is 0.0601. The summed E-state index contributed by atoms with van der Waals surface area (Å²) in [5.74, 6) is -1.17. The minimum atomic E-state index is -1.07. The lowest BCUT2D eigenvalue weighted by Crippen LogP contribution is -2.34. The van der Waals surface area contributed by atoms with Crippen LogP contribution in [0, 0.1) is 0 Å². The molecule has 4 aromatic rings. The zero-order valence-electron chi connectivity index (χ0n) is 19.3. The number of hydrogen-bond donors (Lipinski definition) is 2. The SMILES string of the molecule is O=C(Cn1nc(-c2ccc(Cl)cc2)n(Cc2cccc(C(=O)O)c2)c1=O)NCCc1c(Cl)cccc1Cl. The smallest absolute Gasteiger partial charge is 0.347 e. The van der Waals surface area contributed by atoms with Crippen LogP contribution in [0.25, 0.3) is 11.4 Å². The van der Waals surface area contributed by atoms with E-state index in [2.05, 4.69) is 10.4 Å². The molecule has 0 saturated carbocycles. The summed E-state index contributed by atoms with van der Waals surface area (Å²) < 4.78 is 2.46. The third-order valence-electron chi connectivity index (χ3n) is 5.59. The summed E-state index contributed by atoms with van der Waals surface area (Å²) in [6.45, 7) is 0.0200. The molecule has 0 aliphatic heterocycles. The van der Waals surface area contributed by atoms with E-state index in [1.165, 1.54) is 16.7 Å². The summed E-state index contributed by atoms with van der Waals surface area (Å²) in [4.78, 5) is 37.3. The molecule has 0 saturated heterocycles. The molecule has 8 nitrogen and oxygen atoms in total. The fourth-order valence-electron chi connectivity index (χ4n) is 3.77. The van der Waals surface area contributed by atoms with Crippen molar-refractivity contribution in [2.24, 2.45) is 0 Å². The highest BCUT2D eigenvalue weighted by molar-refractivity contribution is 6.36. The first-order valence-electron chi connectivity index (χ1n) is 11.2. The highest BCUT2D eigenvalue weighted by Crippen LogP contribution is 2.24. The maximum atomic E-state index is 13.3. The third kappa shape index (κ3) is 6.40. The van der Waals surface area contributed by atoms with E-state index < -0.39 is 17.6 Å². The maximum absolute atomic E-state index is 13.3. The van der Waals surface area contributed by atoms with Crippen LogP contribution in [0.1, 0.15) is 21.5 Å². The highest BCUT2D eigenvalue weighted by Gasteiger charge is 2.18. The van der Waals surface area contributed by atoms with Crippen molar-refractivity contribution in [3.8, 4) is 11.4 Å². The predicted octanol–water partition coefficient (Wildman–Crippen LogP) is 4.78. The van der Waals surface area contributed by atoms with Crippen molar-refractivity contribution in [2.75, 3.05) is 6.54 Å². The van der Waals surface area contributed by atoms with Crippen molar-refractivity contribution < 1.29 is 14.7 Å². The van der Waals surface area contributed by atoms with Gasteiger partial charge in [-0.05, 0) is 66.1 Å². The van der Waals surface area contributed by atoms with Crippen LogP contribution in [0.2, 0.25) is 15.1 Å². The van der Waals surface area contributed by atoms with E-state index in [1.807, 2.05) is 0 Å². The zero-order valence-corrected chi connectivity index (χ0v) is 21.6. The fourth-order valence-corrected chi connectivity index (χ4v) is 4.49. The number of carbonyl (C=O) groups is 2. The molecule has 4 rings (SSSR count). The number of aromatic nitrogens is 3. The molecular formula is C26H21Cl3N4O4. The average molecular weight is 560 g/mol. The van der Waals surface area contributed by atoms with E-state index in [4.69, 9.17) is 34.8 Å². The van der Waals surface area contributed by atoms with E-state index in [0.29, 0.717) is 38.4 Å². The molecule has 0 aliphatic rings. The molecule has 3 aromatic carbocycles. The van der Waals surface area contributed by atoms with Crippen molar-refractivity contribution in [1.82, 2.24) is 19.7 Å². The maximum Gasteiger partial charge on any atom is 0.347 e. The van der Waals surface area contributed by atoms with E-state index in [1.54, 1.807) is 54.6 Å². The van der Waals surface area contributed by atoms with Gasteiger partial charge in [0.05, 0.1) is 12.1 Å². The van der Waals surface area contributed by atoms with Gasteiger partial charge >= 0.3 is 11.7 Å². The van der Waals surface area contributed by atoms with Gasteiger partial charge in [-0.2, -0.15) is 0 Å². The molecule has 190 valence electrons. The Hall–Kier alpha value is -3.59. The third-order valence-corrected chi connectivity index (χ3v) is 6.55. The van der Waals surface area contributed by atoms with E-state index in [-0.39, 0.29) is 25.2 Å². The summed E-state index contributed by atoms with van der Waals surface area (Å²) in [5.41, 5.74) is 1.52. The molecular weight excluding hydrogens is 539 g/mol. The van der Waals surface area contributed by atoms with Gasteiger partial charge in [0.25, 0.3) is 0 Å². The second-order valence-electron chi connectivity index (χ2n) is 8.16. The van der Waals surface area contributed by atoms with Gasteiger partial charge in [-0.3, -0.25) is 9.36 Å². The molecule has 0 fully saturated rings. The van der Waals surface area contributed by atoms with Crippen molar-refractivity contribution >= 4 is 46.7 Å². The van der Waals surface area contributed by atoms with Gasteiger partial charge in [0, 0.05) is 27.2 Å². The van der Waals surface area contributed by atoms with Crippen molar-refractivity contribution in [2.45, 2.75) is 19.5 Å². The lowest BCUT2D eigenvalue weighted by Gasteiger charge is -2.08. The lowest BCUT2D eigenvalue weighted by molar-refractivity contribution is -0.121. The summed E-state index contributed by atoms with van der Waals surface area (Å²) in [5, 5.41) is 18.0. The van der Waals surface area contributed by atoms with Gasteiger partial charge in [0.2, 0.25) is 5.91 Å². The molecule has 11 heteroatoms. The number of halogens is 3. The van der Waals surface area contributed by atoms with E-state index >= 15 is 0 Å². The van der Waals surface area contributed by atoms with Crippen LogP contribution < -0.4 is 11.0 Å². The molecule has 0 atom stereocenters. The first-order chi connectivity index (χ1) is 17.7. The Balaban J connectivity index is 1.57. The van der Waals surface area contributed by atoms with Crippen molar-refractivity contribution in [3.63, 3.8) is 0 Å². The number of nitrogens with zero attached hydrogens (tertiary/aromatic N) is 3. The number of aromatic carboxylic acids is 1. The summed E-state index contributed by atoms with van der Waals surface area (Å²) in [7, 11) is 0. The zero-order chi connectivity index (χ0) is 26.5. The number of nitrogens with one attached hydrogen (secondary N) is 1. The number of hydrogen-bond acceptors (Lipinski definition) is 4. The molecule has 2 N–H and O–H groups in total. The molecule has 0 aliphatic carbocycles. The van der Waals surface area contributed by atoms with Gasteiger partial charge in [-0.25, -0.2) is 14.3 Å². The van der Waals surface area contributed by atoms with Gasteiger partial charge in [0.1, 0.15) is 6.54 Å². The highest BCUT2D eigenvalue weighted by atomic mass is 35.5. The predicted molar refractivity (Wildman–Crippen MR) is 143 cm³/mol. The molecule has 0 radical (unpaired) electrons. The Morgan fingerprint density at radius 1 is 0.946 bits per heavy atom. The first-order valence-corrected chi connectivity index (χ1v) is 12.3.